The molecule has 0 bridgehead atoms. The molecule has 0 aliphatic heterocycles. The number of carbonyl (C=O) groups excluding carboxylic acids is 1. The maximum atomic E-state index is 11.5. The molecule has 6 heteroatoms. The first-order valence-electron chi connectivity index (χ1n) is 10.9. The monoisotopic (exact) mass is 406 g/mol. The molecule has 27 heavy (non-hydrogen) atoms. The second kappa shape index (κ2) is 17.5. The zero-order valence-electron chi connectivity index (χ0n) is 17.6. The zero-order valence-corrected chi connectivity index (χ0v) is 18.4. The van der Waals surface area contributed by atoms with Crippen molar-refractivity contribution in [2.45, 2.75) is 110 Å². The summed E-state index contributed by atoms with van der Waals surface area (Å²) >= 11 is 0. The van der Waals surface area contributed by atoms with Crippen molar-refractivity contribution in [3.63, 3.8) is 0 Å². The molecule has 5 nitrogen and oxygen atoms in total. The Labute approximate surface area is 167 Å². The Morgan fingerprint density at radius 2 is 1.22 bits per heavy atom. The van der Waals surface area contributed by atoms with E-state index in [1.54, 1.807) is 0 Å². The van der Waals surface area contributed by atoms with Crippen LogP contribution in [0.5, 0.6) is 0 Å². The van der Waals surface area contributed by atoms with Gasteiger partial charge in [-0.2, -0.15) is 8.42 Å². The summed E-state index contributed by atoms with van der Waals surface area (Å²) in [5.41, 5.74) is 0. The molecule has 0 amide bonds. The van der Waals surface area contributed by atoms with E-state index in [0.29, 0.717) is 6.42 Å². The van der Waals surface area contributed by atoms with E-state index < -0.39 is 10.1 Å². The summed E-state index contributed by atoms with van der Waals surface area (Å²) < 4.78 is 34.5. The highest BCUT2D eigenvalue weighted by Gasteiger charge is 2.06. The van der Waals surface area contributed by atoms with E-state index in [4.69, 9.17) is 9.29 Å². The Kier molecular flexibility index (Phi) is 17.1. The van der Waals surface area contributed by atoms with Crippen molar-refractivity contribution in [1.82, 2.24) is 0 Å². The van der Waals surface area contributed by atoms with Crippen molar-refractivity contribution in [1.29, 1.82) is 0 Å². The largest absolute Gasteiger partial charge is 0.466 e. The average Bonchev–Trinajstić information content (AvgIpc) is 2.58. The molecule has 0 aromatic rings. The SMILES string of the molecule is CC(C)CCCCCCCCCCCCCCC(=O)OCCCS(=O)(=O)O. The maximum Gasteiger partial charge on any atom is 0.305 e. The Bertz CT molecular complexity index is 445. The third kappa shape index (κ3) is 23.3. The number of carbonyl (C=O) groups is 1. The number of unbranched alkanes of at least 4 members (excludes halogenated alkanes) is 11. The van der Waals surface area contributed by atoms with Crippen LogP contribution < -0.4 is 0 Å². The van der Waals surface area contributed by atoms with Crippen LogP contribution in [-0.4, -0.2) is 31.3 Å². The highest BCUT2D eigenvalue weighted by Crippen LogP contribution is 2.14. The van der Waals surface area contributed by atoms with E-state index >= 15 is 0 Å². The second-order valence-electron chi connectivity index (χ2n) is 8.04. The van der Waals surface area contributed by atoms with E-state index in [9.17, 15) is 13.2 Å². The molecule has 0 atom stereocenters. The lowest BCUT2D eigenvalue weighted by atomic mass is 10.0. The molecule has 0 spiro atoms. The molecule has 0 saturated heterocycles. The van der Waals surface area contributed by atoms with Crippen LogP contribution in [-0.2, 0) is 19.6 Å². The summed E-state index contributed by atoms with van der Waals surface area (Å²) in [5, 5.41) is 0. The van der Waals surface area contributed by atoms with Gasteiger partial charge in [0.05, 0.1) is 12.4 Å². The molecule has 0 aromatic carbocycles. The van der Waals surface area contributed by atoms with E-state index in [0.717, 1.165) is 25.2 Å². The fraction of sp³-hybridized carbons (Fsp3) is 0.952. The van der Waals surface area contributed by atoms with E-state index in [1.807, 2.05) is 0 Å². The molecule has 0 saturated carbocycles. The molecule has 0 aliphatic carbocycles. The Morgan fingerprint density at radius 1 is 0.778 bits per heavy atom. The van der Waals surface area contributed by atoms with Gasteiger partial charge in [-0.05, 0) is 18.8 Å². The van der Waals surface area contributed by atoms with Gasteiger partial charge in [-0.25, -0.2) is 0 Å². The number of ether oxygens (including phenoxy) is 1. The van der Waals surface area contributed by atoms with Crippen molar-refractivity contribution in [3.05, 3.63) is 0 Å². The first kappa shape index (κ1) is 26.4. The summed E-state index contributed by atoms with van der Waals surface area (Å²) in [4.78, 5) is 11.5. The minimum absolute atomic E-state index is 0.0519. The van der Waals surface area contributed by atoms with Crippen LogP contribution in [0.3, 0.4) is 0 Å². The average molecular weight is 407 g/mol. The Morgan fingerprint density at radius 3 is 1.67 bits per heavy atom. The van der Waals surface area contributed by atoms with Gasteiger partial charge in [-0.1, -0.05) is 90.9 Å². The Hall–Kier alpha value is -0.620. The lowest BCUT2D eigenvalue weighted by Crippen LogP contribution is -2.10. The van der Waals surface area contributed by atoms with Crippen molar-refractivity contribution in [3.8, 4) is 0 Å². The van der Waals surface area contributed by atoms with Crippen molar-refractivity contribution >= 4 is 16.1 Å². The van der Waals surface area contributed by atoms with Crippen LogP contribution in [0.1, 0.15) is 110 Å². The summed E-state index contributed by atoms with van der Waals surface area (Å²) in [7, 11) is -3.96. The molecule has 162 valence electrons. The summed E-state index contributed by atoms with van der Waals surface area (Å²) in [5.74, 6) is 0.200. The molecule has 0 heterocycles. The van der Waals surface area contributed by atoms with E-state index in [2.05, 4.69) is 13.8 Å². The maximum absolute atomic E-state index is 11.5. The van der Waals surface area contributed by atoms with Crippen LogP contribution in [0.4, 0.5) is 0 Å². The van der Waals surface area contributed by atoms with Crippen LogP contribution >= 0.6 is 0 Å². The first-order chi connectivity index (χ1) is 12.8. The van der Waals surface area contributed by atoms with Crippen LogP contribution in [0.15, 0.2) is 0 Å². The molecule has 0 rings (SSSR count). The smallest absolute Gasteiger partial charge is 0.305 e. The minimum atomic E-state index is -3.96. The first-order valence-corrected chi connectivity index (χ1v) is 12.5. The fourth-order valence-electron chi connectivity index (χ4n) is 3.09. The van der Waals surface area contributed by atoms with Gasteiger partial charge in [-0.15, -0.1) is 0 Å². The highest BCUT2D eigenvalue weighted by atomic mass is 32.2. The van der Waals surface area contributed by atoms with Gasteiger partial charge in [0, 0.05) is 6.42 Å². The molecule has 0 fully saturated rings. The summed E-state index contributed by atoms with van der Waals surface area (Å²) in [6, 6.07) is 0. The van der Waals surface area contributed by atoms with Crippen molar-refractivity contribution in [2.75, 3.05) is 12.4 Å². The molecule has 0 radical (unpaired) electrons. The fourth-order valence-corrected chi connectivity index (χ4v) is 3.57. The molecule has 0 aromatic heterocycles. The quantitative estimate of drug-likeness (QED) is 0.163. The van der Waals surface area contributed by atoms with Gasteiger partial charge in [0.2, 0.25) is 0 Å². The van der Waals surface area contributed by atoms with E-state index in [-0.39, 0.29) is 24.7 Å². The molecular formula is C21H42O5S. The van der Waals surface area contributed by atoms with Gasteiger partial charge in [-0.3, -0.25) is 9.35 Å². The van der Waals surface area contributed by atoms with Crippen LogP contribution in [0.25, 0.3) is 0 Å². The van der Waals surface area contributed by atoms with Crippen molar-refractivity contribution < 1.29 is 22.5 Å². The Balaban J connectivity index is 3.21. The highest BCUT2D eigenvalue weighted by molar-refractivity contribution is 7.85. The number of esters is 1. The normalized spacial score (nSPS) is 11.9. The molecule has 0 unspecified atom stereocenters. The number of rotatable bonds is 19. The predicted molar refractivity (Wildman–Crippen MR) is 111 cm³/mol. The van der Waals surface area contributed by atoms with Crippen LogP contribution in [0, 0.1) is 5.92 Å². The van der Waals surface area contributed by atoms with Crippen molar-refractivity contribution in [2.24, 2.45) is 5.92 Å². The third-order valence-electron chi connectivity index (χ3n) is 4.72. The zero-order chi connectivity index (χ0) is 20.4. The van der Waals surface area contributed by atoms with Gasteiger partial charge in [0.25, 0.3) is 10.1 Å². The lowest BCUT2D eigenvalue weighted by Gasteiger charge is -2.05. The van der Waals surface area contributed by atoms with Gasteiger partial charge in [0.1, 0.15) is 0 Å². The van der Waals surface area contributed by atoms with Gasteiger partial charge < -0.3 is 4.74 Å². The molecular weight excluding hydrogens is 364 g/mol. The van der Waals surface area contributed by atoms with Gasteiger partial charge in [0.15, 0.2) is 0 Å². The third-order valence-corrected chi connectivity index (χ3v) is 5.53. The second-order valence-corrected chi connectivity index (χ2v) is 9.61. The summed E-state index contributed by atoms with van der Waals surface area (Å²) in [6.45, 7) is 4.64. The topological polar surface area (TPSA) is 80.7 Å². The van der Waals surface area contributed by atoms with Crippen LogP contribution in [0.2, 0.25) is 0 Å². The van der Waals surface area contributed by atoms with E-state index in [1.165, 1.54) is 64.2 Å². The minimum Gasteiger partial charge on any atom is -0.466 e. The summed E-state index contributed by atoms with van der Waals surface area (Å²) in [6.07, 6.45) is 17.0. The number of hydrogen-bond donors (Lipinski definition) is 1. The standard InChI is InChI=1S/C21H42O5S/c1-20(2)16-13-11-9-7-5-3-4-6-8-10-12-14-17-21(22)26-18-15-19-27(23,24)25/h20H,3-19H2,1-2H3,(H,23,24,25). The molecule has 1 N–H and O–H groups in total. The lowest BCUT2D eigenvalue weighted by molar-refractivity contribution is -0.143. The predicted octanol–water partition coefficient (Wildman–Crippen LogP) is 5.92. The molecule has 0 aliphatic rings. The number of hydrogen-bond acceptors (Lipinski definition) is 4. The van der Waals surface area contributed by atoms with Gasteiger partial charge >= 0.3 is 5.97 Å².